The van der Waals surface area contributed by atoms with E-state index in [0.29, 0.717) is 23.1 Å². The highest BCUT2D eigenvalue weighted by atomic mass is 16.6. The number of benzene rings is 8. The van der Waals surface area contributed by atoms with Gasteiger partial charge in [0.2, 0.25) is 0 Å². The summed E-state index contributed by atoms with van der Waals surface area (Å²) in [6, 6.07) is 57.2. The molecule has 0 amide bonds. The van der Waals surface area contributed by atoms with Crippen molar-refractivity contribution in [3.63, 3.8) is 0 Å². The second-order valence-corrected chi connectivity index (χ2v) is 15.0. The average Bonchev–Trinajstić information content (AvgIpc) is 3.46. The molecule has 262 valence electrons. The maximum Gasteiger partial charge on any atom is 0.177 e. The summed E-state index contributed by atoms with van der Waals surface area (Å²) in [4.78, 5) is 10.4. The van der Waals surface area contributed by atoms with Crippen LogP contribution in [-0.4, -0.2) is 11.7 Å². The van der Waals surface area contributed by atoms with Gasteiger partial charge in [0.15, 0.2) is 28.8 Å². The fourth-order valence-corrected chi connectivity index (χ4v) is 8.62. The molecule has 0 spiro atoms. The largest absolute Gasteiger partial charge is 0.449 e. The Morgan fingerprint density at radius 2 is 1.24 bits per heavy atom. The van der Waals surface area contributed by atoms with Crippen LogP contribution in [0.3, 0.4) is 0 Å². The summed E-state index contributed by atoms with van der Waals surface area (Å²) in [5.41, 5.74) is 9.74. The van der Waals surface area contributed by atoms with Gasteiger partial charge < -0.3 is 14.8 Å². The molecule has 2 aliphatic heterocycles. The van der Waals surface area contributed by atoms with Gasteiger partial charge in [-0.2, -0.15) is 0 Å². The van der Waals surface area contributed by atoms with E-state index in [1.807, 2.05) is 30.3 Å². The number of ether oxygens (including phenoxy) is 2. The first-order chi connectivity index (χ1) is 27.0. The van der Waals surface area contributed by atoms with E-state index < -0.39 is 6.17 Å². The monoisotopic (exact) mass is 709 g/mol. The molecule has 0 fully saturated rings. The molecule has 1 aliphatic carbocycles. The maximum absolute atomic E-state index is 6.86. The lowest BCUT2D eigenvalue weighted by molar-refractivity contribution is 0.360. The smallest absolute Gasteiger partial charge is 0.177 e. The minimum atomic E-state index is -0.430. The van der Waals surface area contributed by atoms with E-state index in [-0.39, 0.29) is 5.41 Å². The van der Waals surface area contributed by atoms with Gasteiger partial charge in [-0.05, 0) is 73.6 Å². The quantitative estimate of drug-likeness (QED) is 0.185. The third-order valence-corrected chi connectivity index (χ3v) is 11.4. The van der Waals surface area contributed by atoms with Crippen LogP contribution in [0.2, 0.25) is 0 Å². The van der Waals surface area contributed by atoms with E-state index in [9.17, 15) is 0 Å². The highest BCUT2D eigenvalue weighted by Gasteiger charge is 2.38. The second kappa shape index (κ2) is 12.0. The van der Waals surface area contributed by atoms with E-state index in [0.717, 1.165) is 44.8 Å². The summed E-state index contributed by atoms with van der Waals surface area (Å²) in [6.07, 6.45) is -0.430. The Hall–Kier alpha value is -6.98. The van der Waals surface area contributed by atoms with Gasteiger partial charge in [0.05, 0.1) is 0 Å². The van der Waals surface area contributed by atoms with Crippen LogP contribution in [-0.2, 0) is 5.41 Å². The molecule has 0 saturated heterocycles. The lowest BCUT2D eigenvalue weighted by Crippen LogP contribution is -2.33. The molecule has 3 aliphatic rings. The summed E-state index contributed by atoms with van der Waals surface area (Å²) < 4.78 is 13.5. The van der Waals surface area contributed by atoms with Crippen LogP contribution in [0.4, 0.5) is 0 Å². The molecule has 55 heavy (non-hydrogen) atoms. The highest BCUT2D eigenvalue weighted by molar-refractivity contribution is 6.15. The molecule has 5 heteroatoms. The molecule has 8 aromatic rings. The predicted molar refractivity (Wildman–Crippen MR) is 223 cm³/mol. The van der Waals surface area contributed by atoms with Gasteiger partial charge in [-0.15, -0.1) is 0 Å². The van der Waals surface area contributed by atoms with Crippen molar-refractivity contribution < 1.29 is 9.47 Å². The van der Waals surface area contributed by atoms with Crippen LogP contribution in [0.25, 0.3) is 43.8 Å². The number of fused-ring (bicyclic) bond motifs is 8. The lowest BCUT2D eigenvalue weighted by atomic mass is 9.82. The zero-order valence-corrected chi connectivity index (χ0v) is 30.4. The van der Waals surface area contributed by atoms with Crippen LogP contribution in [0.1, 0.15) is 47.8 Å². The standard InChI is InChI=1S/C50H35N3O2/c1-50(2)41-21-11-10-18-37(41)40-28-44-45(29-42(40)50)54-43-22-12-20-38(46(43)55-44)36-17-8-9-19-39(36)49-52-47(31-14-4-3-5-15-31)51-48(53-49)33-25-26-35-32(27-33)24-23-30-13-6-7-16-34(30)35/h3-29,49H,1-2H3,(H,51,52,53). The summed E-state index contributed by atoms with van der Waals surface area (Å²) >= 11 is 0. The maximum atomic E-state index is 6.86. The topological polar surface area (TPSA) is 55.2 Å². The van der Waals surface area contributed by atoms with Crippen LogP contribution < -0.4 is 14.8 Å². The number of amidine groups is 2. The molecule has 1 N–H and O–H groups in total. The van der Waals surface area contributed by atoms with Gasteiger partial charge in [0, 0.05) is 27.7 Å². The first-order valence-electron chi connectivity index (χ1n) is 18.8. The molecule has 8 aromatic carbocycles. The Morgan fingerprint density at radius 1 is 0.509 bits per heavy atom. The Morgan fingerprint density at radius 3 is 2.15 bits per heavy atom. The summed E-state index contributed by atoms with van der Waals surface area (Å²) in [5, 5.41) is 8.57. The van der Waals surface area contributed by atoms with Crippen molar-refractivity contribution in [3.05, 3.63) is 192 Å². The number of para-hydroxylation sites is 1. The van der Waals surface area contributed by atoms with E-state index in [1.54, 1.807) is 0 Å². The van der Waals surface area contributed by atoms with Crippen molar-refractivity contribution in [2.75, 3.05) is 0 Å². The number of nitrogens with one attached hydrogen (secondary N) is 1. The van der Waals surface area contributed by atoms with Gasteiger partial charge >= 0.3 is 0 Å². The van der Waals surface area contributed by atoms with Gasteiger partial charge in [-0.1, -0.05) is 153 Å². The predicted octanol–water partition coefficient (Wildman–Crippen LogP) is 12.4. The van der Waals surface area contributed by atoms with Crippen LogP contribution in [0.15, 0.2) is 174 Å². The van der Waals surface area contributed by atoms with Crippen molar-refractivity contribution in [2.45, 2.75) is 25.4 Å². The van der Waals surface area contributed by atoms with Gasteiger partial charge in [0.25, 0.3) is 0 Å². The minimum Gasteiger partial charge on any atom is -0.449 e. The van der Waals surface area contributed by atoms with Crippen LogP contribution in [0, 0.1) is 0 Å². The molecule has 11 rings (SSSR count). The number of aliphatic imine (C=N–C) groups is 2. The average molecular weight is 710 g/mol. The zero-order chi connectivity index (χ0) is 36.7. The van der Waals surface area contributed by atoms with Gasteiger partial charge in [0.1, 0.15) is 12.0 Å². The molecule has 0 aromatic heterocycles. The van der Waals surface area contributed by atoms with Crippen molar-refractivity contribution in [2.24, 2.45) is 9.98 Å². The molecule has 5 nitrogen and oxygen atoms in total. The molecule has 1 atom stereocenters. The first-order valence-corrected chi connectivity index (χ1v) is 18.8. The fraction of sp³-hybridized carbons (Fsp3) is 0.0800. The minimum absolute atomic E-state index is 0.138. The van der Waals surface area contributed by atoms with Gasteiger partial charge in [-0.3, -0.25) is 0 Å². The SMILES string of the molecule is CC1(C)c2ccccc2-c2cc3c(cc21)Oc1cccc(-c2ccccc2C2N=C(c4ccccc4)N=C(c4ccc5c(ccc6ccccc65)c4)N2)c1O3. The molecule has 0 saturated carbocycles. The van der Waals surface area contributed by atoms with Crippen molar-refractivity contribution in [1.82, 2.24) is 5.32 Å². The van der Waals surface area contributed by atoms with Crippen molar-refractivity contribution in [3.8, 4) is 45.3 Å². The highest BCUT2D eigenvalue weighted by Crippen LogP contribution is 2.56. The Bertz CT molecular complexity index is 2940. The van der Waals surface area contributed by atoms with Crippen LogP contribution in [0.5, 0.6) is 23.0 Å². The van der Waals surface area contributed by atoms with E-state index in [1.165, 1.54) is 38.4 Å². The number of hydrogen-bond donors (Lipinski definition) is 1. The molecule has 0 radical (unpaired) electrons. The summed E-state index contributed by atoms with van der Waals surface area (Å²) in [5.74, 6) is 4.25. The molecule has 1 unspecified atom stereocenters. The molecular formula is C50H35N3O2. The third kappa shape index (κ3) is 5.00. The van der Waals surface area contributed by atoms with E-state index in [4.69, 9.17) is 19.5 Å². The van der Waals surface area contributed by atoms with Gasteiger partial charge in [-0.25, -0.2) is 9.98 Å². The molecular weight excluding hydrogens is 675 g/mol. The Kier molecular flexibility index (Phi) is 6.89. The Labute approximate surface area is 319 Å². The number of hydrogen-bond acceptors (Lipinski definition) is 5. The Balaban J connectivity index is 1.00. The molecule has 2 heterocycles. The fourth-order valence-electron chi connectivity index (χ4n) is 8.62. The molecule has 0 bridgehead atoms. The van der Waals surface area contributed by atoms with Crippen molar-refractivity contribution >= 4 is 33.2 Å². The summed E-state index contributed by atoms with van der Waals surface area (Å²) in [6.45, 7) is 4.55. The normalized spacial score (nSPS) is 16.1. The van der Waals surface area contributed by atoms with Crippen LogP contribution >= 0.6 is 0 Å². The zero-order valence-electron chi connectivity index (χ0n) is 30.4. The summed E-state index contributed by atoms with van der Waals surface area (Å²) in [7, 11) is 0. The van der Waals surface area contributed by atoms with Crippen molar-refractivity contribution in [1.29, 1.82) is 0 Å². The van der Waals surface area contributed by atoms with E-state index in [2.05, 4.69) is 153 Å². The second-order valence-electron chi connectivity index (χ2n) is 15.0. The van der Waals surface area contributed by atoms with E-state index >= 15 is 0 Å². The number of rotatable bonds is 4. The third-order valence-electron chi connectivity index (χ3n) is 11.4. The lowest BCUT2D eigenvalue weighted by Gasteiger charge is -2.28. The number of nitrogens with zero attached hydrogens (tertiary/aromatic N) is 2. The first kappa shape index (κ1) is 31.5.